The topological polar surface area (TPSA) is 57.6 Å². The number of phenols is 1. The second-order valence-electron chi connectivity index (χ2n) is 4.34. The highest BCUT2D eigenvalue weighted by molar-refractivity contribution is 7.89. The van der Waals surface area contributed by atoms with Gasteiger partial charge in [0.2, 0.25) is 10.0 Å². The van der Waals surface area contributed by atoms with Gasteiger partial charge in [-0.3, -0.25) is 0 Å². The molecule has 0 aliphatic heterocycles. The average molecular weight is 255 g/mol. The Morgan fingerprint density at radius 2 is 2.12 bits per heavy atom. The quantitative estimate of drug-likeness (QED) is 0.875. The Labute approximate surface area is 102 Å². The number of aromatic hydroxyl groups is 1. The largest absolute Gasteiger partial charge is 0.508 e. The minimum Gasteiger partial charge on any atom is -0.508 e. The summed E-state index contributed by atoms with van der Waals surface area (Å²) < 4.78 is 26.3. The zero-order valence-corrected chi connectivity index (χ0v) is 10.7. The van der Waals surface area contributed by atoms with Crippen LogP contribution in [0, 0.1) is 0 Å². The lowest BCUT2D eigenvalue weighted by atomic mass is 10.3. The van der Waals surface area contributed by atoms with Crippen LogP contribution >= 0.6 is 0 Å². The van der Waals surface area contributed by atoms with Gasteiger partial charge in [-0.15, -0.1) is 0 Å². The van der Waals surface area contributed by atoms with Gasteiger partial charge in [-0.2, -0.15) is 4.31 Å². The molecule has 17 heavy (non-hydrogen) atoms. The Balaban J connectivity index is 2.33. The monoisotopic (exact) mass is 255 g/mol. The number of sulfonamides is 1. The molecule has 1 aromatic carbocycles. The maximum absolute atomic E-state index is 12.4. The molecule has 1 aromatic rings. The summed E-state index contributed by atoms with van der Waals surface area (Å²) in [4.78, 5) is 0.179. The van der Waals surface area contributed by atoms with Gasteiger partial charge in [-0.25, -0.2) is 8.42 Å². The minimum absolute atomic E-state index is 0.0154. The number of hydrogen-bond acceptors (Lipinski definition) is 3. The van der Waals surface area contributed by atoms with Crippen LogP contribution in [-0.2, 0) is 10.0 Å². The van der Waals surface area contributed by atoms with Gasteiger partial charge in [0, 0.05) is 12.6 Å². The molecule has 4 nitrogen and oxygen atoms in total. The van der Waals surface area contributed by atoms with Crippen LogP contribution in [0.2, 0.25) is 0 Å². The number of nitrogens with zero attached hydrogens (tertiary/aromatic N) is 1. The third kappa shape index (κ3) is 2.61. The molecule has 1 aliphatic carbocycles. The van der Waals surface area contributed by atoms with Crippen LogP contribution in [0.3, 0.4) is 0 Å². The molecule has 0 aromatic heterocycles. The Kier molecular flexibility index (Phi) is 3.40. The molecule has 1 N–H and O–H groups in total. The van der Waals surface area contributed by atoms with Gasteiger partial charge in [-0.1, -0.05) is 13.0 Å². The smallest absolute Gasteiger partial charge is 0.243 e. The van der Waals surface area contributed by atoms with Crippen LogP contribution in [0.25, 0.3) is 0 Å². The van der Waals surface area contributed by atoms with Crippen LogP contribution in [0.15, 0.2) is 29.2 Å². The summed E-state index contributed by atoms with van der Waals surface area (Å²) in [5, 5.41) is 9.36. The third-order valence-electron chi connectivity index (χ3n) is 2.82. The molecule has 1 aliphatic rings. The molecule has 0 saturated heterocycles. The summed E-state index contributed by atoms with van der Waals surface area (Å²) in [6.45, 7) is 2.51. The second-order valence-corrected chi connectivity index (χ2v) is 6.23. The summed E-state index contributed by atoms with van der Waals surface area (Å²) in [5.41, 5.74) is 0. The molecule has 94 valence electrons. The highest BCUT2D eigenvalue weighted by atomic mass is 32.2. The summed E-state index contributed by atoms with van der Waals surface area (Å²) >= 11 is 0. The predicted octanol–water partition coefficient (Wildman–Crippen LogP) is 1.96. The van der Waals surface area contributed by atoms with E-state index in [4.69, 9.17) is 0 Å². The van der Waals surface area contributed by atoms with Crippen molar-refractivity contribution in [3.05, 3.63) is 24.3 Å². The van der Waals surface area contributed by atoms with Gasteiger partial charge in [-0.05, 0) is 37.5 Å². The SMILES string of the molecule is CCCN(C1CC1)S(=O)(=O)c1cccc(O)c1. The zero-order valence-electron chi connectivity index (χ0n) is 9.83. The molecule has 0 bridgehead atoms. The molecule has 0 heterocycles. The van der Waals surface area contributed by atoms with Crippen LogP contribution in [-0.4, -0.2) is 30.4 Å². The van der Waals surface area contributed by atoms with Crippen molar-refractivity contribution in [2.75, 3.05) is 6.54 Å². The first-order chi connectivity index (χ1) is 8.05. The third-order valence-corrected chi connectivity index (χ3v) is 4.77. The fraction of sp³-hybridized carbons (Fsp3) is 0.500. The lowest BCUT2D eigenvalue weighted by molar-refractivity contribution is 0.402. The van der Waals surface area contributed by atoms with E-state index < -0.39 is 10.0 Å². The van der Waals surface area contributed by atoms with Crippen LogP contribution in [0.1, 0.15) is 26.2 Å². The summed E-state index contributed by atoms with van der Waals surface area (Å²) in [6.07, 6.45) is 2.69. The molecule has 0 spiro atoms. The van der Waals surface area contributed by atoms with Crippen LogP contribution < -0.4 is 0 Å². The van der Waals surface area contributed by atoms with Crippen molar-refractivity contribution in [2.24, 2.45) is 0 Å². The first-order valence-corrected chi connectivity index (χ1v) is 7.30. The van der Waals surface area contributed by atoms with E-state index >= 15 is 0 Å². The molecule has 0 radical (unpaired) electrons. The highest BCUT2D eigenvalue weighted by Crippen LogP contribution is 2.32. The average Bonchev–Trinajstić information content (AvgIpc) is 3.09. The van der Waals surface area contributed by atoms with E-state index in [9.17, 15) is 13.5 Å². The molecule has 1 saturated carbocycles. The van der Waals surface area contributed by atoms with E-state index in [1.165, 1.54) is 18.2 Å². The molecule has 1 fully saturated rings. The second kappa shape index (κ2) is 4.66. The van der Waals surface area contributed by atoms with Gasteiger partial charge < -0.3 is 5.11 Å². The van der Waals surface area contributed by atoms with Crippen molar-refractivity contribution in [2.45, 2.75) is 37.1 Å². The summed E-state index contributed by atoms with van der Waals surface area (Å²) in [5.74, 6) is -0.0154. The summed E-state index contributed by atoms with van der Waals surface area (Å²) in [7, 11) is -3.45. The molecule has 2 rings (SSSR count). The van der Waals surface area contributed by atoms with Crippen molar-refractivity contribution < 1.29 is 13.5 Å². The molecule has 5 heteroatoms. The molecule has 0 atom stereocenters. The van der Waals surface area contributed by atoms with Crippen molar-refractivity contribution in [1.82, 2.24) is 4.31 Å². The van der Waals surface area contributed by atoms with Crippen molar-refractivity contribution >= 4 is 10.0 Å². The van der Waals surface area contributed by atoms with E-state index in [0.29, 0.717) is 6.54 Å². The zero-order chi connectivity index (χ0) is 12.5. The van der Waals surface area contributed by atoms with Crippen molar-refractivity contribution in [3.8, 4) is 5.75 Å². The maximum atomic E-state index is 12.4. The number of benzene rings is 1. The first kappa shape index (κ1) is 12.4. The Morgan fingerprint density at radius 3 is 2.65 bits per heavy atom. The van der Waals surface area contributed by atoms with E-state index in [2.05, 4.69) is 0 Å². The van der Waals surface area contributed by atoms with Crippen molar-refractivity contribution in [1.29, 1.82) is 0 Å². The fourth-order valence-electron chi connectivity index (χ4n) is 1.86. The highest BCUT2D eigenvalue weighted by Gasteiger charge is 2.37. The Morgan fingerprint density at radius 1 is 1.41 bits per heavy atom. The Hall–Kier alpha value is -1.07. The van der Waals surface area contributed by atoms with Crippen LogP contribution in [0.4, 0.5) is 0 Å². The van der Waals surface area contributed by atoms with Gasteiger partial charge in [0.15, 0.2) is 0 Å². The minimum atomic E-state index is -3.45. The van der Waals surface area contributed by atoms with E-state index in [1.54, 1.807) is 10.4 Å². The maximum Gasteiger partial charge on any atom is 0.243 e. The first-order valence-electron chi connectivity index (χ1n) is 5.86. The van der Waals surface area contributed by atoms with Crippen LogP contribution in [0.5, 0.6) is 5.75 Å². The van der Waals surface area contributed by atoms with E-state index in [0.717, 1.165) is 19.3 Å². The van der Waals surface area contributed by atoms with E-state index in [-0.39, 0.29) is 16.7 Å². The molecular weight excluding hydrogens is 238 g/mol. The van der Waals surface area contributed by atoms with E-state index in [1.807, 2.05) is 6.92 Å². The lowest BCUT2D eigenvalue weighted by Gasteiger charge is -2.21. The fourth-order valence-corrected chi connectivity index (χ4v) is 3.68. The molecule has 0 unspecified atom stereocenters. The van der Waals surface area contributed by atoms with Gasteiger partial charge in [0.1, 0.15) is 5.75 Å². The molecule has 0 amide bonds. The number of hydrogen-bond donors (Lipinski definition) is 1. The normalized spacial score (nSPS) is 16.4. The Bertz CT molecular complexity index is 494. The standard InChI is InChI=1S/C12H17NO3S/c1-2-8-13(10-6-7-10)17(15,16)12-5-3-4-11(14)9-12/h3-5,9-10,14H,2,6-8H2,1H3. The summed E-state index contributed by atoms with van der Waals surface area (Å²) in [6, 6.07) is 6.02. The predicted molar refractivity (Wildman–Crippen MR) is 65.3 cm³/mol. The van der Waals surface area contributed by atoms with Crippen molar-refractivity contribution in [3.63, 3.8) is 0 Å². The number of phenolic OH excluding ortho intramolecular Hbond substituents is 1. The molecular formula is C12H17NO3S. The van der Waals surface area contributed by atoms with Gasteiger partial charge in [0.25, 0.3) is 0 Å². The van der Waals surface area contributed by atoms with Gasteiger partial charge >= 0.3 is 0 Å². The lowest BCUT2D eigenvalue weighted by Crippen LogP contribution is -2.33. The number of rotatable bonds is 5. The van der Waals surface area contributed by atoms with Gasteiger partial charge in [0.05, 0.1) is 4.90 Å².